The van der Waals surface area contributed by atoms with Crippen molar-refractivity contribution in [1.29, 1.82) is 0 Å². The molecule has 0 saturated carbocycles. The highest BCUT2D eigenvalue weighted by Gasteiger charge is 2.47. The van der Waals surface area contributed by atoms with E-state index in [0.717, 1.165) is 0 Å². The molecule has 0 saturated heterocycles. The number of carboxylic acid groups (broad SMARTS) is 1. The molecule has 3 nitrogen and oxygen atoms in total. The SMILES string of the molecule is O=C(O)C(F)(F)C(O)c1ccccc1. The number of hydrogen-bond acceptors (Lipinski definition) is 2. The minimum Gasteiger partial charge on any atom is -0.477 e. The molecule has 1 aromatic rings. The van der Waals surface area contributed by atoms with Crippen molar-refractivity contribution in [3.63, 3.8) is 0 Å². The number of hydrogen-bond donors (Lipinski definition) is 2. The molecule has 1 rings (SSSR count). The van der Waals surface area contributed by atoms with Crippen LogP contribution in [0.1, 0.15) is 11.7 Å². The van der Waals surface area contributed by atoms with Gasteiger partial charge < -0.3 is 10.2 Å². The van der Waals surface area contributed by atoms with Crippen LogP contribution in [0.4, 0.5) is 8.78 Å². The Kier molecular flexibility index (Phi) is 2.81. The minimum absolute atomic E-state index is 0.125. The van der Waals surface area contributed by atoms with Gasteiger partial charge in [-0.3, -0.25) is 0 Å². The lowest BCUT2D eigenvalue weighted by Crippen LogP contribution is -2.35. The number of alkyl halides is 2. The van der Waals surface area contributed by atoms with Crippen LogP contribution in [-0.2, 0) is 4.79 Å². The molecular weight excluding hydrogens is 194 g/mol. The molecule has 1 aromatic carbocycles. The zero-order chi connectivity index (χ0) is 10.8. The van der Waals surface area contributed by atoms with Gasteiger partial charge in [-0.25, -0.2) is 4.79 Å². The molecule has 2 N–H and O–H groups in total. The lowest BCUT2D eigenvalue weighted by atomic mass is 10.0. The fourth-order valence-electron chi connectivity index (χ4n) is 0.962. The van der Waals surface area contributed by atoms with E-state index in [1.165, 1.54) is 24.3 Å². The van der Waals surface area contributed by atoms with Gasteiger partial charge in [-0.15, -0.1) is 0 Å². The normalized spacial score (nSPS) is 13.6. The summed E-state index contributed by atoms with van der Waals surface area (Å²) in [5.74, 6) is -6.50. The van der Waals surface area contributed by atoms with Crippen LogP contribution in [0.2, 0.25) is 0 Å². The lowest BCUT2D eigenvalue weighted by Gasteiger charge is -2.18. The molecule has 0 heterocycles. The predicted octanol–water partition coefficient (Wildman–Crippen LogP) is 1.44. The van der Waals surface area contributed by atoms with Crippen molar-refractivity contribution >= 4 is 5.97 Å². The Hall–Kier alpha value is -1.49. The van der Waals surface area contributed by atoms with Crippen molar-refractivity contribution in [3.8, 4) is 0 Å². The Morgan fingerprint density at radius 2 is 1.79 bits per heavy atom. The van der Waals surface area contributed by atoms with Gasteiger partial charge in [0.2, 0.25) is 0 Å². The van der Waals surface area contributed by atoms with Crippen LogP contribution in [0.25, 0.3) is 0 Å². The van der Waals surface area contributed by atoms with Crippen molar-refractivity contribution in [2.24, 2.45) is 0 Å². The average molecular weight is 202 g/mol. The molecule has 0 aliphatic carbocycles. The molecule has 0 aromatic heterocycles. The average Bonchev–Trinajstić information content (AvgIpc) is 2.17. The second kappa shape index (κ2) is 3.71. The van der Waals surface area contributed by atoms with Gasteiger partial charge in [0.1, 0.15) is 0 Å². The first-order valence-electron chi connectivity index (χ1n) is 3.80. The van der Waals surface area contributed by atoms with E-state index in [-0.39, 0.29) is 5.56 Å². The maximum Gasteiger partial charge on any atom is 0.377 e. The molecule has 0 aliphatic rings. The number of aliphatic hydroxyl groups excluding tert-OH is 1. The monoisotopic (exact) mass is 202 g/mol. The first kappa shape index (κ1) is 10.6. The molecule has 0 fully saturated rings. The minimum atomic E-state index is -4.17. The van der Waals surface area contributed by atoms with E-state index in [1.54, 1.807) is 6.07 Å². The van der Waals surface area contributed by atoms with Gasteiger partial charge in [-0.05, 0) is 5.56 Å². The van der Waals surface area contributed by atoms with Crippen LogP contribution in [0, 0.1) is 0 Å². The molecule has 5 heteroatoms. The van der Waals surface area contributed by atoms with E-state index in [2.05, 4.69) is 0 Å². The Morgan fingerprint density at radius 3 is 2.21 bits per heavy atom. The first-order valence-corrected chi connectivity index (χ1v) is 3.80. The summed E-state index contributed by atoms with van der Waals surface area (Å²) in [4.78, 5) is 10.1. The number of aliphatic carboxylic acids is 1. The number of halogens is 2. The second-order valence-corrected chi connectivity index (χ2v) is 2.74. The Labute approximate surface area is 78.6 Å². The zero-order valence-electron chi connectivity index (χ0n) is 7.02. The van der Waals surface area contributed by atoms with Crippen molar-refractivity contribution in [3.05, 3.63) is 35.9 Å². The zero-order valence-corrected chi connectivity index (χ0v) is 7.02. The highest BCUT2D eigenvalue weighted by molar-refractivity contribution is 5.76. The van der Waals surface area contributed by atoms with Crippen molar-refractivity contribution in [1.82, 2.24) is 0 Å². The third kappa shape index (κ3) is 1.88. The molecule has 76 valence electrons. The van der Waals surface area contributed by atoms with Gasteiger partial charge in [0.05, 0.1) is 0 Å². The quantitative estimate of drug-likeness (QED) is 0.779. The maximum absolute atomic E-state index is 12.8. The molecular formula is C9H8F2O3. The highest BCUT2D eigenvalue weighted by atomic mass is 19.3. The summed E-state index contributed by atoms with van der Waals surface area (Å²) in [5, 5.41) is 17.3. The molecule has 0 amide bonds. The van der Waals surface area contributed by atoms with E-state index in [9.17, 15) is 13.6 Å². The molecule has 0 radical (unpaired) electrons. The third-order valence-electron chi connectivity index (χ3n) is 1.74. The summed E-state index contributed by atoms with van der Waals surface area (Å²) >= 11 is 0. The number of benzene rings is 1. The first-order chi connectivity index (χ1) is 6.46. The number of carboxylic acids is 1. The van der Waals surface area contributed by atoms with Gasteiger partial charge in [0.15, 0.2) is 6.10 Å². The van der Waals surface area contributed by atoms with E-state index >= 15 is 0 Å². The third-order valence-corrected chi connectivity index (χ3v) is 1.74. The van der Waals surface area contributed by atoms with E-state index < -0.39 is 18.0 Å². The van der Waals surface area contributed by atoms with Crippen LogP contribution in [0.15, 0.2) is 30.3 Å². The van der Waals surface area contributed by atoms with Gasteiger partial charge in [0, 0.05) is 0 Å². The van der Waals surface area contributed by atoms with E-state index in [0.29, 0.717) is 0 Å². The van der Waals surface area contributed by atoms with Crippen LogP contribution < -0.4 is 0 Å². The highest BCUT2D eigenvalue weighted by Crippen LogP contribution is 2.31. The summed E-state index contributed by atoms with van der Waals surface area (Å²) in [6, 6.07) is 6.94. The van der Waals surface area contributed by atoms with Crippen molar-refractivity contribution in [2.45, 2.75) is 12.0 Å². The smallest absolute Gasteiger partial charge is 0.377 e. The Bertz CT molecular complexity index is 324. The van der Waals surface area contributed by atoms with Gasteiger partial charge in [-0.2, -0.15) is 8.78 Å². The molecule has 1 unspecified atom stereocenters. The van der Waals surface area contributed by atoms with Crippen molar-refractivity contribution in [2.75, 3.05) is 0 Å². The fraction of sp³-hybridized carbons (Fsp3) is 0.222. The van der Waals surface area contributed by atoms with Crippen molar-refractivity contribution < 1.29 is 23.8 Å². The standard InChI is InChI=1S/C9H8F2O3/c10-9(11,8(13)14)7(12)6-4-2-1-3-5-6/h1-5,7,12H,(H,13,14). The Balaban J connectivity index is 2.96. The van der Waals surface area contributed by atoms with Crippen LogP contribution in [0.5, 0.6) is 0 Å². The molecule has 0 spiro atoms. The summed E-state index contributed by atoms with van der Waals surface area (Å²) in [6.07, 6.45) is -2.32. The number of rotatable bonds is 3. The van der Waals surface area contributed by atoms with Gasteiger partial charge in [0.25, 0.3) is 0 Å². The summed E-state index contributed by atoms with van der Waals surface area (Å²) in [5.41, 5.74) is -0.125. The van der Waals surface area contributed by atoms with Gasteiger partial charge in [-0.1, -0.05) is 30.3 Å². The van der Waals surface area contributed by atoms with Crippen LogP contribution >= 0.6 is 0 Å². The topological polar surface area (TPSA) is 57.5 Å². The summed E-state index contributed by atoms with van der Waals surface area (Å²) < 4.78 is 25.6. The predicted molar refractivity (Wildman–Crippen MR) is 44.0 cm³/mol. The summed E-state index contributed by atoms with van der Waals surface area (Å²) in [6.45, 7) is 0. The lowest BCUT2D eigenvalue weighted by molar-refractivity contribution is -0.182. The maximum atomic E-state index is 12.8. The number of aliphatic hydroxyl groups is 1. The van der Waals surface area contributed by atoms with E-state index in [1.807, 2.05) is 0 Å². The largest absolute Gasteiger partial charge is 0.477 e. The van der Waals surface area contributed by atoms with Crippen LogP contribution in [-0.4, -0.2) is 22.1 Å². The molecule has 1 atom stereocenters. The molecule has 0 bridgehead atoms. The Morgan fingerprint density at radius 1 is 1.29 bits per heavy atom. The second-order valence-electron chi connectivity index (χ2n) is 2.74. The number of carbonyl (C=O) groups is 1. The molecule has 0 aliphatic heterocycles. The summed E-state index contributed by atoms with van der Waals surface area (Å²) in [7, 11) is 0. The fourth-order valence-corrected chi connectivity index (χ4v) is 0.962. The van der Waals surface area contributed by atoms with Gasteiger partial charge >= 0.3 is 11.9 Å². The van der Waals surface area contributed by atoms with Crippen LogP contribution in [0.3, 0.4) is 0 Å². The van der Waals surface area contributed by atoms with E-state index in [4.69, 9.17) is 10.2 Å². The molecule has 14 heavy (non-hydrogen) atoms.